The van der Waals surface area contributed by atoms with E-state index >= 15 is 0 Å². The van der Waals surface area contributed by atoms with Gasteiger partial charge in [-0.05, 0) is 36.2 Å². The van der Waals surface area contributed by atoms with Crippen molar-refractivity contribution in [3.05, 3.63) is 35.9 Å². The van der Waals surface area contributed by atoms with Crippen LogP contribution >= 0.6 is 33.2 Å². The molecule has 1 aromatic carbocycles. The van der Waals surface area contributed by atoms with Crippen LogP contribution in [0.1, 0.15) is 44.1 Å². The molecule has 0 fully saturated rings. The maximum Gasteiger partial charge on any atom is 0.341 e. The number of hydrogen-bond donors (Lipinski definition) is 0. The van der Waals surface area contributed by atoms with E-state index in [0.29, 0.717) is 6.61 Å². The topological polar surface area (TPSA) is 49.4 Å². The van der Waals surface area contributed by atoms with Gasteiger partial charge in [-0.15, -0.1) is 33.2 Å². The van der Waals surface area contributed by atoms with Crippen LogP contribution < -0.4 is 9.84 Å². The third-order valence-electron chi connectivity index (χ3n) is 3.39. The number of carboxylic acids is 1. The average Bonchev–Trinajstić information content (AvgIpc) is 2.50. The first kappa shape index (κ1) is 21.4. The molecule has 1 rings (SSSR count). The van der Waals surface area contributed by atoms with E-state index in [2.05, 4.69) is 0 Å². The van der Waals surface area contributed by atoms with Gasteiger partial charge in [-0.25, -0.2) is 0 Å². The van der Waals surface area contributed by atoms with Crippen LogP contribution in [0.4, 0.5) is 0 Å². The Morgan fingerprint density at radius 2 is 1.75 bits per heavy atom. The minimum Gasteiger partial charge on any atom is -0.545 e. The van der Waals surface area contributed by atoms with Crippen molar-refractivity contribution in [2.75, 3.05) is 6.61 Å². The molecule has 0 aliphatic heterocycles. The zero-order valence-corrected chi connectivity index (χ0v) is 16.7. The number of carboxylic acid groups (broad SMARTS) is 1. The zero-order valence-electron chi connectivity index (χ0n) is 13.5. The molecule has 0 amide bonds. The normalized spacial score (nSPS) is 11.8. The van der Waals surface area contributed by atoms with E-state index in [0.717, 1.165) is 62.0 Å². The molecule has 0 spiro atoms. The molecule has 24 heavy (non-hydrogen) atoms. The van der Waals surface area contributed by atoms with Crippen LogP contribution in [-0.4, -0.2) is 18.6 Å². The first-order chi connectivity index (χ1) is 11.4. The predicted octanol–water partition coefficient (Wildman–Crippen LogP) is 4.82. The molecule has 0 radical (unpaired) electrons. The number of hydrogen-bond acceptors (Lipinski definition) is 3. The van der Waals surface area contributed by atoms with E-state index in [-0.39, 0.29) is 0 Å². The number of aliphatic carboxylic acids is 1. The molecule has 134 valence electrons. The summed E-state index contributed by atoms with van der Waals surface area (Å²) in [5.74, 6) is -0.472. The summed E-state index contributed by atoms with van der Waals surface area (Å²) in [5, 5.41) is 10.4. The van der Waals surface area contributed by atoms with Gasteiger partial charge in [-0.3, -0.25) is 0 Å². The molecular weight excluding hydrogens is 387 g/mol. The summed E-state index contributed by atoms with van der Waals surface area (Å²) in [6, 6.07) is 5.61. The maximum absolute atomic E-state index is 10.4. The largest absolute Gasteiger partial charge is 0.545 e. The average molecular weight is 409 g/mol. The van der Waals surface area contributed by atoms with E-state index in [1.54, 1.807) is 6.07 Å². The minimum atomic E-state index is -2.44. The molecule has 1 aromatic rings. The summed E-state index contributed by atoms with van der Waals surface area (Å²) in [5.41, 5.74) is 0.772. The van der Waals surface area contributed by atoms with Gasteiger partial charge in [0.05, 0.1) is 12.6 Å². The van der Waals surface area contributed by atoms with Crippen LogP contribution in [0.15, 0.2) is 30.3 Å². The third-order valence-corrected chi connectivity index (χ3v) is 6.01. The Morgan fingerprint density at radius 3 is 2.42 bits per heavy atom. The van der Waals surface area contributed by atoms with Crippen molar-refractivity contribution in [3.63, 3.8) is 0 Å². The second kappa shape index (κ2) is 11.8. The summed E-state index contributed by atoms with van der Waals surface area (Å²) < 4.78 is 5.68. The molecule has 0 N–H and O–H groups in total. The van der Waals surface area contributed by atoms with E-state index in [4.69, 9.17) is 38.0 Å². The van der Waals surface area contributed by atoms with Crippen molar-refractivity contribution in [3.8, 4) is 5.75 Å². The van der Waals surface area contributed by atoms with E-state index < -0.39 is 12.0 Å². The molecule has 0 aromatic heterocycles. The van der Waals surface area contributed by atoms with Crippen molar-refractivity contribution < 1.29 is 14.6 Å². The van der Waals surface area contributed by atoms with Gasteiger partial charge in [0.1, 0.15) is 5.75 Å². The minimum absolute atomic E-state index is 0.648. The molecule has 0 bridgehead atoms. The first-order valence-corrected chi connectivity index (χ1v) is 13.3. The number of carbonyl (C=O) groups is 1. The SMILES string of the molecule is O=C([O-])/C=C/c1cccc(OCCCCCCCC[Si](Cl)(Cl)Cl)c1. The fraction of sp³-hybridized carbons (Fsp3) is 0.471. The lowest BCUT2D eigenvalue weighted by molar-refractivity contribution is -0.297. The highest BCUT2D eigenvalue weighted by Crippen LogP contribution is 2.27. The van der Waals surface area contributed by atoms with Crippen LogP contribution in [0, 0.1) is 0 Å². The van der Waals surface area contributed by atoms with Crippen LogP contribution in [0.3, 0.4) is 0 Å². The second-order valence-electron chi connectivity index (χ2n) is 5.56. The fourth-order valence-corrected chi connectivity index (χ4v) is 4.05. The van der Waals surface area contributed by atoms with Gasteiger partial charge in [0.2, 0.25) is 0 Å². The van der Waals surface area contributed by atoms with Crippen LogP contribution in [-0.2, 0) is 4.79 Å². The number of ether oxygens (including phenoxy) is 1. The molecule has 0 unspecified atom stereocenters. The van der Waals surface area contributed by atoms with Crippen LogP contribution in [0.5, 0.6) is 5.75 Å². The summed E-state index contributed by atoms with van der Waals surface area (Å²) >= 11 is 17.5. The molecule has 0 saturated heterocycles. The lowest BCUT2D eigenvalue weighted by Gasteiger charge is -2.08. The molecule has 0 aliphatic carbocycles. The number of unbranched alkanes of at least 4 members (excludes halogenated alkanes) is 5. The fourth-order valence-electron chi connectivity index (χ4n) is 2.20. The summed E-state index contributed by atoms with van der Waals surface area (Å²) in [6.07, 6.45) is 8.98. The number of carbonyl (C=O) groups excluding carboxylic acids is 1. The molecule has 7 heteroatoms. The standard InChI is InChI=1S/C17H23Cl3O3Si/c18-24(19,20)13-6-4-2-1-3-5-12-23-16-9-7-8-15(14-16)10-11-17(21)22/h7-11,14H,1-6,12-13H2,(H,21,22)/p-1/b11-10+. The summed E-state index contributed by atoms with van der Waals surface area (Å²) in [4.78, 5) is 10.4. The van der Waals surface area contributed by atoms with Crippen LogP contribution in [0.2, 0.25) is 6.04 Å². The lowest BCUT2D eigenvalue weighted by atomic mass is 10.1. The van der Waals surface area contributed by atoms with Crippen molar-refractivity contribution in [2.24, 2.45) is 0 Å². The van der Waals surface area contributed by atoms with Gasteiger partial charge in [-0.2, -0.15) is 0 Å². The van der Waals surface area contributed by atoms with Gasteiger partial charge >= 0.3 is 6.00 Å². The smallest absolute Gasteiger partial charge is 0.341 e. The van der Waals surface area contributed by atoms with Gasteiger partial charge in [0.25, 0.3) is 0 Å². The Labute approximate surface area is 158 Å². The highest BCUT2D eigenvalue weighted by molar-refractivity contribution is 7.64. The predicted molar refractivity (Wildman–Crippen MR) is 102 cm³/mol. The van der Waals surface area contributed by atoms with Gasteiger partial charge in [0.15, 0.2) is 0 Å². The Balaban J connectivity index is 2.11. The number of halogens is 3. The molecule has 0 aliphatic rings. The van der Waals surface area contributed by atoms with Crippen molar-refractivity contribution in [1.82, 2.24) is 0 Å². The van der Waals surface area contributed by atoms with Gasteiger partial charge < -0.3 is 14.6 Å². The number of rotatable bonds is 12. The molecule has 0 saturated carbocycles. The first-order valence-electron chi connectivity index (χ1n) is 8.05. The number of benzene rings is 1. The molecule has 3 nitrogen and oxygen atoms in total. The maximum atomic E-state index is 10.4. The molecular formula is C17H22Cl3O3Si-. The van der Waals surface area contributed by atoms with E-state index in [1.165, 1.54) is 6.08 Å². The van der Waals surface area contributed by atoms with Crippen molar-refractivity contribution in [1.29, 1.82) is 0 Å². The van der Waals surface area contributed by atoms with E-state index in [9.17, 15) is 9.90 Å². The Hall–Kier alpha value is -0.683. The summed E-state index contributed by atoms with van der Waals surface area (Å²) in [6.45, 7) is 0.648. The Kier molecular flexibility index (Phi) is 10.5. The Morgan fingerprint density at radius 1 is 1.08 bits per heavy atom. The quantitative estimate of drug-likeness (QED) is 0.215. The van der Waals surface area contributed by atoms with Crippen molar-refractivity contribution in [2.45, 2.75) is 44.6 Å². The third kappa shape index (κ3) is 11.8. The van der Waals surface area contributed by atoms with Crippen LogP contribution in [0.25, 0.3) is 6.08 Å². The summed E-state index contributed by atoms with van der Waals surface area (Å²) in [7, 11) is 0. The molecule has 0 atom stereocenters. The Bertz CT molecular complexity index is 530. The van der Waals surface area contributed by atoms with Gasteiger partial charge in [-0.1, -0.05) is 50.3 Å². The second-order valence-corrected chi connectivity index (χ2v) is 14.8. The monoisotopic (exact) mass is 407 g/mol. The van der Waals surface area contributed by atoms with Gasteiger partial charge in [0, 0.05) is 0 Å². The highest BCUT2D eigenvalue weighted by Gasteiger charge is 2.23. The zero-order chi connectivity index (χ0) is 17.8. The van der Waals surface area contributed by atoms with E-state index in [1.807, 2.05) is 18.2 Å². The van der Waals surface area contributed by atoms with Crippen molar-refractivity contribution >= 4 is 51.3 Å². The molecule has 0 heterocycles. The highest BCUT2D eigenvalue weighted by atomic mass is 35.8. The lowest BCUT2D eigenvalue weighted by Crippen LogP contribution is -2.18.